The van der Waals surface area contributed by atoms with Gasteiger partial charge in [0.25, 0.3) is 0 Å². The molecule has 1 saturated heterocycles. The van der Waals surface area contributed by atoms with E-state index in [-0.39, 0.29) is 12.2 Å². The number of likely N-dealkylation sites (tertiary alicyclic amines) is 1. The second-order valence-corrected chi connectivity index (χ2v) is 5.12. The average molecular weight is 283 g/mol. The number of hydrogen-bond acceptors (Lipinski definition) is 3. The SMILES string of the molecule is NCC1CCCN(CC(=O)Nc2c(F)cccc2F)C1. The van der Waals surface area contributed by atoms with Gasteiger partial charge in [-0.3, -0.25) is 9.69 Å². The van der Waals surface area contributed by atoms with Crippen molar-refractivity contribution in [3.05, 3.63) is 29.8 Å². The van der Waals surface area contributed by atoms with Crippen LogP contribution in [0.3, 0.4) is 0 Å². The van der Waals surface area contributed by atoms with Crippen molar-refractivity contribution in [1.29, 1.82) is 0 Å². The molecule has 6 heteroatoms. The summed E-state index contributed by atoms with van der Waals surface area (Å²) in [6, 6.07) is 3.49. The smallest absolute Gasteiger partial charge is 0.238 e. The summed E-state index contributed by atoms with van der Waals surface area (Å²) in [4.78, 5) is 13.8. The lowest BCUT2D eigenvalue weighted by Crippen LogP contribution is -2.42. The van der Waals surface area contributed by atoms with Gasteiger partial charge in [-0.25, -0.2) is 8.78 Å². The van der Waals surface area contributed by atoms with Gasteiger partial charge >= 0.3 is 0 Å². The Morgan fingerprint density at radius 3 is 2.75 bits per heavy atom. The van der Waals surface area contributed by atoms with Gasteiger partial charge in [-0.05, 0) is 44.0 Å². The largest absolute Gasteiger partial charge is 0.330 e. The lowest BCUT2D eigenvalue weighted by Gasteiger charge is -2.31. The molecule has 1 aliphatic rings. The van der Waals surface area contributed by atoms with E-state index >= 15 is 0 Å². The highest BCUT2D eigenvalue weighted by Gasteiger charge is 2.21. The molecule has 1 aromatic rings. The van der Waals surface area contributed by atoms with Crippen LogP contribution in [-0.2, 0) is 4.79 Å². The molecular weight excluding hydrogens is 264 g/mol. The molecule has 1 aromatic carbocycles. The molecule has 1 fully saturated rings. The van der Waals surface area contributed by atoms with Crippen molar-refractivity contribution in [2.24, 2.45) is 11.7 Å². The number of nitrogens with one attached hydrogen (secondary N) is 1. The molecule has 110 valence electrons. The predicted octanol–water partition coefficient (Wildman–Crippen LogP) is 1.57. The van der Waals surface area contributed by atoms with Gasteiger partial charge in [0.05, 0.1) is 6.54 Å². The van der Waals surface area contributed by atoms with Crippen LogP contribution >= 0.6 is 0 Å². The van der Waals surface area contributed by atoms with E-state index in [1.54, 1.807) is 0 Å². The van der Waals surface area contributed by atoms with Crippen LogP contribution in [0.4, 0.5) is 14.5 Å². The average Bonchev–Trinajstić information content (AvgIpc) is 2.43. The molecule has 1 heterocycles. The van der Waals surface area contributed by atoms with E-state index in [4.69, 9.17) is 5.73 Å². The van der Waals surface area contributed by atoms with Gasteiger partial charge in [-0.2, -0.15) is 0 Å². The van der Waals surface area contributed by atoms with Crippen molar-refractivity contribution in [3.8, 4) is 0 Å². The minimum atomic E-state index is -0.767. The van der Waals surface area contributed by atoms with Crippen LogP contribution in [0.15, 0.2) is 18.2 Å². The van der Waals surface area contributed by atoms with Gasteiger partial charge in [0.2, 0.25) is 5.91 Å². The summed E-state index contributed by atoms with van der Waals surface area (Å²) in [5, 5.41) is 2.30. The second-order valence-electron chi connectivity index (χ2n) is 5.12. The fourth-order valence-corrected chi connectivity index (χ4v) is 2.49. The number of anilines is 1. The van der Waals surface area contributed by atoms with E-state index in [2.05, 4.69) is 5.32 Å². The Balaban J connectivity index is 1.92. The highest BCUT2D eigenvalue weighted by Crippen LogP contribution is 2.19. The first-order valence-corrected chi connectivity index (χ1v) is 6.76. The zero-order valence-electron chi connectivity index (χ0n) is 11.2. The highest BCUT2D eigenvalue weighted by atomic mass is 19.1. The first kappa shape index (κ1) is 14.9. The fourth-order valence-electron chi connectivity index (χ4n) is 2.49. The molecule has 4 nitrogen and oxygen atoms in total. The minimum Gasteiger partial charge on any atom is -0.330 e. The van der Waals surface area contributed by atoms with E-state index in [1.165, 1.54) is 6.07 Å². The first-order valence-electron chi connectivity index (χ1n) is 6.76. The first-order chi connectivity index (χ1) is 9.60. The van der Waals surface area contributed by atoms with Gasteiger partial charge < -0.3 is 11.1 Å². The third-order valence-corrected chi connectivity index (χ3v) is 3.53. The Labute approximate surface area is 116 Å². The molecule has 3 N–H and O–H groups in total. The van der Waals surface area contributed by atoms with Crippen LogP contribution in [-0.4, -0.2) is 37.0 Å². The van der Waals surface area contributed by atoms with E-state index in [0.29, 0.717) is 12.5 Å². The molecule has 1 unspecified atom stereocenters. The minimum absolute atomic E-state index is 0.129. The molecule has 1 amide bonds. The second kappa shape index (κ2) is 6.76. The number of hydrogen-bond donors (Lipinski definition) is 2. The number of halogens is 2. The van der Waals surface area contributed by atoms with Crippen molar-refractivity contribution in [2.45, 2.75) is 12.8 Å². The van der Waals surface area contributed by atoms with Crippen LogP contribution in [0.2, 0.25) is 0 Å². The number of rotatable bonds is 4. The third kappa shape index (κ3) is 3.74. The molecule has 1 atom stereocenters. The topological polar surface area (TPSA) is 58.4 Å². The van der Waals surface area contributed by atoms with Gasteiger partial charge in [-0.1, -0.05) is 6.07 Å². The molecule has 0 aromatic heterocycles. The number of para-hydroxylation sites is 1. The Morgan fingerprint density at radius 1 is 1.40 bits per heavy atom. The third-order valence-electron chi connectivity index (χ3n) is 3.53. The summed E-state index contributed by atoms with van der Waals surface area (Å²) < 4.78 is 26.8. The number of nitrogens with zero attached hydrogens (tertiary/aromatic N) is 1. The number of carbonyl (C=O) groups is 1. The maximum atomic E-state index is 13.4. The lowest BCUT2D eigenvalue weighted by molar-refractivity contribution is -0.117. The van der Waals surface area contributed by atoms with E-state index in [1.807, 2.05) is 4.90 Å². The van der Waals surface area contributed by atoms with Crippen LogP contribution in [0.5, 0.6) is 0 Å². The van der Waals surface area contributed by atoms with Crippen molar-refractivity contribution < 1.29 is 13.6 Å². The predicted molar refractivity (Wildman–Crippen MR) is 73.2 cm³/mol. The van der Waals surface area contributed by atoms with Gasteiger partial charge in [0.15, 0.2) is 0 Å². The molecule has 0 saturated carbocycles. The van der Waals surface area contributed by atoms with Crippen molar-refractivity contribution >= 4 is 11.6 Å². The monoisotopic (exact) mass is 283 g/mol. The number of benzene rings is 1. The fraction of sp³-hybridized carbons (Fsp3) is 0.500. The van der Waals surface area contributed by atoms with Crippen LogP contribution in [0, 0.1) is 17.6 Å². The van der Waals surface area contributed by atoms with Crippen molar-refractivity contribution in [1.82, 2.24) is 4.90 Å². The summed E-state index contributed by atoms with van der Waals surface area (Å²) in [7, 11) is 0. The Morgan fingerprint density at radius 2 is 2.10 bits per heavy atom. The van der Waals surface area contributed by atoms with Crippen LogP contribution in [0.25, 0.3) is 0 Å². The molecule has 0 bridgehead atoms. The summed E-state index contributed by atoms with van der Waals surface area (Å²) >= 11 is 0. The van der Waals surface area contributed by atoms with E-state index < -0.39 is 17.5 Å². The zero-order chi connectivity index (χ0) is 14.5. The number of carbonyl (C=O) groups excluding carboxylic acids is 1. The van der Waals surface area contributed by atoms with Gasteiger partial charge in [-0.15, -0.1) is 0 Å². The van der Waals surface area contributed by atoms with Gasteiger partial charge in [0, 0.05) is 6.54 Å². The summed E-state index contributed by atoms with van der Waals surface area (Å²) in [6.07, 6.45) is 2.06. The normalized spacial score (nSPS) is 19.9. The van der Waals surface area contributed by atoms with Crippen LogP contribution in [0.1, 0.15) is 12.8 Å². The maximum Gasteiger partial charge on any atom is 0.238 e. The number of amides is 1. The molecule has 20 heavy (non-hydrogen) atoms. The van der Waals surface area contributed by atoms with E-state index in [0.717, 1.165) is 38.1 Å². The van der Waals surface area contributed by atoms with Crippen LogP contribution < -0.4 is 11.1 Å². The molecule has 0 radical (unpaired) electrons. The zero-order valence-corrected chi connectivity index (χ0v) is 11.2. The number of nitrogens with two attached hydrogens (primary N) is 1. The summed E-state index contributed by atoms with van der Waals surface area (Å²) in [5.74, 6) is -1.55. The molecular formula is C14H19F2N3O. The van der Waals surface area contributed by atoms with Gasteiger partial charge in [0.1, 0.15) is 17.3 Å². The number of piperidine rings is 1. The Hall–Kier alpha value is -1.53. The quantitative estimate of drug-likeness (QED) is 0.882. The maximum absolute atomic E-state index is 13.4. The van der Waals surface area contributed by atoms with Crippen molar-refractivity contribution in [2.75, 3.05) is 31.5 Å². The van der Waals surface area contributed by atoms with E-state index in [9.17, 15) is 13.6 Å². The van der Waals surface area contributed by atoms with Crippen molar-refractivity contribution in [3.63, 3.8) is 0 Å². The molecule has 1 aliphatic heterocycles. The highest BCUT2D eigenvalue weighted by molar-refractivity contribution is 5.92. The molecule has 0 aliphatic carbocycles. The molecule has 2 rings (SSSR count). The summed E-state index contributed by atoms with van der Waals surface area (Å²) in [6.45, 7) is 2.29. The molecule has 0 spiro atoms. The standard InChI is InChI=1S/C14H19F2N3O/c15-11-4-1-5-12(16)14(11)18-13(20)9-19-6-2-3-10(7-17)8-19/h1,4-5,10H,2-3,6-9,17H2,(H,18,20). The Kier molecular flexibility index (Phi) is 5.03. The summed E-state index contributed by atoms with van der Waals surface area (Å²) in [5.41, 5.74) is 5.25. The lowest BCUT2D eigenvalue weighted by atomic mass is 9.98. The Bertz CT molecular complexity index is 461.